The highest BCUT2D eigenvalue weighted by Gasteiger charge is 2.65. The first-order valence-electron chi connectivity index (χ1n) is 5.90. The highest BCUT2D eigenvalue weighted by Crippen LogP contribution is 2.63. The van der Waals surface area contributed by atoms with Crippen molar-refractivity contribution in [3.8, 4) is 0 Å². The van der Waals surface area contributed by atoms with E-state index in [-0.39, 0.29) is 16.5 Å². The van der Waals surface area contributed by atoms with E-state index in [1.165, 1.54) is 12.1 Å². The number of non-ortho nitro benzene ring substituents is 1. The molecule has 1 aliphatic rings. The molecule has 2 rings (SSSR count). The van der Waals surface area contributed by atoms with Crippen LogP contribution in [0.2, 0.25) is 0 Å². The lowest BCUT2D eigenvalue weighted by Gasteiger charge is -2.19. The second-order valence-electron chi connectivity index (χ2n) is 5.53. The SMILES string of the molecule is CC(C)(C)S(=O)N1[C@@H](c2ccc([N+](=O)[O-])cc2)C1(Br)Br. The van der Waals surface area contributed by atoms with Crippen molar-refractivity contribution in [2.45, 2.75) is 34.9 Å². The molecule has 110 valence electrons. The zero-order chi connectivity index (χ0) is 15.3. The van der Waals surface area contributed by atoms with E-state index in [2.05, 4.69) is 31.9 Å². The Balaban J connectivity index is 2.26. The molecule has 1 aromatic carbocycles. The van der Waals surface area contributed by atoms with Crippen LogP contribution in [0.4, 0.5) is 5.69 Å². The van der Waals surface area contributed by atoms with Gasteiger partial charge in [-0.05, 0) is 26.3 Å². The average molecular weight is 426 g/mol. The van der Waals surface area contributed by atoms with Crippen molar-refractivity contribution < 1.29 is 9.13 Å². The molecule has 0 bridgehead atoms. The van der Waals surface area contributed by atoms with Gasteiger partial charge in [0, 0.05) is 12.1 Å². The first-order valence-corrected chi connectivity index (χ1v) is 8.59. The molecular weight excluding hydrogens is 412 g/mol. The van der Waals surface area contributed by atoms with Crippen molar-refractivity contribution in [1.29, 1.82) is 0 Å². The summed E-state index contributed by atoms with van der Waals surface area (Å²) in [6, 6.07) is 6.19. The fourth-order valence-electron chi connectivity index (χ4n) is 1.84. The van der Waals surface area contributed by atoms with Gasteiger partial charge in [-0.2, -0.15) is 4.31 Å². The van der Waals surface area contributed by atoms with E-state index in [1.54, 1.807) is 16.4 Å². The van der Waals surface area contributed by atoms with Gasteiger partial charge in [0.15, 0.2) is 3.36 Å². The van der Waals surface area contributed by atoms with Crippen molar-refractivity contribution in [1.82, 2.24) is 4.31 Å². The molecule has 1 aromatic rings. The van der Waals surface area contributed by atoms with E-state index in [4.69, 9.17) is 0 Å². The summed E-state index contributed by atoms with van der Waals surface area (Å²) in [4.78, 5) is 10.2. The van der Waals surface area contributed by atoms with Crippen molar-refractivity contribution in [3.63, 3.8) is 0 Å². The Morgan fingerprint density at radius 2 is 1.80 bits per heavy atom. The van der Waals surface area contributed by atoms with Crippen LogP contribution in [0.1, 0.15) is 32.4 Å². The van der Waals surface area contributed by atoms with Gasteiger partial charge < -0.3 is 0 Å². The lowest BCUT2D eigenvalue weighted by molar-refractivity contribution is -0.384. The summed E-state index contributed by atoms with van der Waals surface area (Å²) in [6.45, 7) is 5.72. The number of alkyl halides is 2. The molecule has 3 atom stereocenters. The van der Waals surface area contributed by atoms with Crippen molar-refractivity contribution >= 4 is 48.5 Å². The molecule has 1 saturated heterocycles. The number of nitro groups is 1. The number of rotatable bonds is 3. The Morgan fingerprint density at radius 1 is 1.30 bits per heavy atom. The third-order valence-electron chi connectivity index (χ3n) is 2.91. The molecule has 0 N–H and O–H groups in total. The van der Waals surface area contributed by atoms with Crippen molar-refractivity contribution in [3.05, 3.63) is 39.9 Å². The van der Waals surface area contributed by atoms with Gasteiger partial charge in [-0.1, -0.05) is 44.0 Å². The Labute approximate surface area is 136 Å². The second kappa shape index (κ2) is 5.15. The highest BCUT2D eigenvalue weighted by atomic mass is 79.9. The molecule has 1 heterocycles. The smallest absolute Gasteiger partial charge is 0.258 e. The van der Waals surface area contributed by atoms with Crippen molar-refractivity contribution in [2.75, 3.05) is 0 Å². The number of nitrogens with zero attached hydrogens (tertiary/aromatic N) is 2. The maximum absolute atomic E-state index is 12.5. The molecule has 0 radical (unpaired) electrons. The van der Waals surface area contributed by atoms with Gasteiger partial charge in [-0.25, -0.2) is 4.21 Å². The number of hydrogen-bond acceptors (Lipinski definition) is 3. The van der Waals surface area contributed by atoms with Crippen LogP contribution in [-0.4, -0.2) is 21.5 Å². The minimum atomic E-state index is -1.19. The molecular formula is C12H14Br2N2O3S. The van der Waals surface area contributed by atoms with Gasteiger partial charge in [0.05, 0.1) is 15.7 Å². The quantitative estimate of drug-likeness (QED) is 0.243. The van der Waals surface area contributed by atoms with Gasteiger partial charge in [-0.3, -0.25) is 10.1 Å². The number of halogens is 2. The molecule has 0 saturated carbocycles. The fraction of sp³-hybridized carbons (Fsp3) is 0.500. The first kappa shape index (κ1) is 16.1. The topological polar surface area (TPSA) is 63.2 Å². The zero-order valence-electron chi connectivity index (χ0n) is 11.2. The Hall–Kier alpha value is -0.310. The van der Waals surface area contributed by atoms with E-state index >= 15 is 0 Å². The molecule has 8 heteroatoms. The zero-order valence-corrected chi connectivity index (χ0v) is 15.2. The summed E-state index contributed by atoms with van der Waals surface area (Å²) in [7, 11) is -1.19. The third kappa shape index (κ3) is 2.84. The number of nitro benzene ring substituents is 1. The predicted molar refractivity (Wildman–Crippen MR) is 86.2 cm³/mol. The average Bonchev–Trinajstić information content (AvgIpc) is 2.89. The van der Waals surface area contributed by atoms with Crippen LogP contribution in [0.5, 0.6) is 0 Å². The maximum atomic E-state index is 12.5. The predicted octanol–water partition coefficient (Wildman–Crippen LogP) is 3.86. The van der Waals surface area contributed by atoms with E-state index in [0.717, 1.165) is 5.56 Å². The van der Waals surface area contributed by atoms with E-state index in [1.807, 2.05) is 20.8 Å². The van der Waals surface area contributed by atoms with Gasteiger partial charge in [0.1, 0.15) is 11.0 Å². The molecule has 0 amide bonds. The van der Waals surface area contributed by atoms with Crippen LogP contribution < -0.4 is 0 Å². The first-order chi connectivity index (χ1) is 9.06. The molecule has 20 heavy (non-hydrogen) atoms. The van der Waals surface area contributed by atoms with E-state index < -0.39 is 19.3 Å². The molecule has 0 aliphatic carbocycles. The van der Waals surface area contributed by atoms with Crippen LogP contribution in [0.3, 0.4) is 0 Å². The number of benzene rings is 1. The summed E-state index contributed by atoms with van der Waals surface area (Å²) in [5.74, 6) is 0. The van der Waals surface area contributed by atoms with Crippen LogP contribution in [0.25, 0.3) is 0 Å². The highest BCUT2D eigenvalue weighted by molar-refractivity contribution is 9.25. The second-order valence-corrected chi connectivity index (χ2v) is 11.1. The number of hydrogen-bond donors (Lipinski definition) is 0. The molecule has 1 aliphatic heterocycles. The largest absolute Gasteiger partial charge is 0.269 e. The molecule has 0 spiro atoms. The van der Waals surface area contributed by atoms with Gasteiger partial charge in [0.25, 0.3) is 5.69 Å². The van der Waals surface area contributed by atoms with E-state index in [9.17, 15) is 14.3 Å². The summed E-state index contributed by atoms with van der Waals surface area (Å²) in [5.41, 5.74) is 0.926. The van der Waals surface area contributed by atoms with Crippen LogP contribution in [0.15, 0.2) is 24.3 Å². The maximum Gasteiger partial charge on any atom is 0.269 e. The van der Waals surface area contributed by atoms with Crippen LogP contribution in [-0.2, 0) is 11.0 Å². The minimum Gasteiger partial charge on any atom is -0.258 e. The van der Waals surface area contributed by atoms with Crippen LogP contribution in [0, 0.1) is 10.1 Å². The summed E-state index contributed by atoms with van der Waals surface area (Å²) < 4.78 is 13.3. The van der Waals surface area contributed by atoms with Gasteiger partial charge in [0.2, 0.25) is 0 Å². The monoisotopic (exact) mass is 424 g/mol. The molecule has 1 fully saturated rings. The van der Waals surface area contributed by atoms with Gasteiger partial charge in [-0.15, -0.1) is 0 Å². The molecule has 2 unspecified atom stereocenters. The van der Waals surface area contributed by atoms with E-state index in [0.29, 0.717) is 0 Å². The van der Waals surface area contributed by atoms with Gasteiger partial charge >= 0.3 is 0 Å². The van der Waals surface area contributed by atoms with Crippen molar-refractivity contribution in [2.24, 2.45) is 0 Å². The fourth-order valence-corrected chi connectivity index (χ4v) is 5.37. The standard InChI is InChI=1S/C12H14Br2N2O3S/c1-11(2,3)20(19)15-10(12(15,13)14)8-4-6-9(7-5-8)16(17)18/h4-7,10H,1-3H3/t10-,15?,20?/m0/s1. The Bertz CT molecular complexity index is 569. The lowest BCUT2D eigenvalue weighted by atomic mass is 10.1. The lowest BCUT2D eigenvalue weighted by Crippen LogP contribution is -2.28. The summed E-state index contributed by atoms with van der Waals surface area (Å²) in [5, 5.41) is 10.7. The Morgan fingerprint density at radius 3 is 2.20 bits per heavy atom. The van der Waals surface area contributed by atoms with Crippen LogP contribution >= 0.6 is 31.9 Å². The normalized spacial score (nSPS) is 26.1. The Kier molecular flexibility index (Phi) is 4.14. The summed E-state index contributed by atoms with van der Waals surface area (Å²) in [6.07, 6.45) is 0. The third-order valence-corrected chi connectivity index (χ3v) is 6.92. The molecule has 0 aromatic heterocycles. The minimum absolute atomic E-state index is 0.0487. The summed E-state index contributed by atoms with van der Waals surface area (Å²) >= 11 is 7.02. The molecule has 5 nitrogen and oxygen atoms in total.